The zero-order chi connectivity index (χ0) is 7.56. The lowest BCUT2D eigenvalue weighted by molar-refractivity contribution is 0.0836. The minimum Gasteiger partial charge on any atom is -0.392 e. The number of nitrogens with one attached hydrogen (secondary N) is 1. The lowest BCUT2D eigenvalue weighted by atomic mass is 9.92. The van der Waals surface area contributed by atoms with Gasteiger partial charge in [0.15, 0.2) is 0 Å². The van der Waals surface area contributed by atoms with Crippen LogP contribution in [0.1, 0.15) is 13.3 Å². The fraction of sp³-hybridized carbons (Fsp3) is 1.00. The molecule has 1 heterocycles. The quantitative estimate of drug-likeness (QED) is 0.559. The van der Waals surface area contributed by atoms with Crippen molar-refractivity contribution in [3.63, 3.8) is 0 Å². The van der Waals surface area contributed by atoms with Gasteiger partial charge in [-0.25, -0.2) is 0 Å². The molecule has 2 unspecified atom stereocenters. The fourth-order valence-corrected chi connectivity index (χ4v) is 1.32. The van der Waals surface area contributed by atoms with Gasteiger partial charge in [0.2, 0.25) is 0 Å². The van der Waals surface area contributed by atoms with Crippen LogP contribution in [0.25, 0.3) is 0 Å². The number of alkyl halides is 1. The van der Waals surface area contributed by atoms with Crippen molar-refractivity contribution in [2.75, 3.05) is 13.2 Å². The topological polar surface area (TPSA) is 32.3 Å². The molecule has 2 nitrogen and oxygen atoms in total. The van der Waals surface area contributed by atoms with Gasteiger partial charge in [-0.3, -0.25) is 4.39 Å². The maximum absolute atomic E-state index is 12.2. The van der Waals surface area contributed by atoms with Crippen LogP contribution >= 0.6 is 0 Å². The van der Waals surface area contributed by atoms with Crippen LogP contribution < -0.4 is 5.32 Å². The number of hydrogen-bond acceptors (Lipinski definition) is 2. The molecule has 2 N–H and O–H groups in total. The largest absolute Gasteiger partial charge is 0.392 e. The third-order valence-electron chi connectivity index (χ3n) is 2.16. The molecule has 60 valence electrons. The predicted octanol–water partition coefficient (Wildman–Crippen LogP) is 0.315. The van der Waals surface area contributed by atoms with Gasteiger partial charge in [0.25, 0.3) is 0 Å². The SMILES string of the molecule is C[C@@H]1NCC(O)CC1CF. The van der Waals surface area contributed by atoms with E-state index in [4.69, 9.17) is 5.11 Å². The molecule has 3 atom stereocenters. The fourth-order valence-electron chi connectivity index (χ4n) is 1.32. The van der Waals surface area contributed by atoms with Crippen LogP contribution in [0.2, 0.25) is 0 Å². The third kappa shape index (κ3) is 1.67. The van der Waals surface area contributed by atoms with E-state index >= 15 is 0 Å². The van der Waals surface area contributed by atoms with Gasteiger partial charge in [0, 0.05) is 18.5 Å². The van der Waals surface area contributed by atoms with Gasteiger partial charge in [0.1, 0.15) is 0 Å². The highest BCUT2D eigenvalue weighted by molar-refractivity contribution is 4.81. The Hall–Kier alpha value is -0.150. The second-order valence-corrected chi connectivity index (χ2v) is 3.00. The molecule has 3 heteroatoms. The Labute approximate surface area is 60.4 Å². The first-order chi connectivity index (χ1) is 4.74. The molecule has 1 saturated heterocycles. The number of aliphatic hydroxyl groups is 1. The Balaban J connectivity index is 2.38. The van der Waals surface area contributed by atoms with Gasteiger partial charge in [-0.15, -0.1) is 0 Å². The Morgan fingerprint density at radius 3 is 2.90 bits per heavy atom. The summed E-state index contributed by atoms with van der Waals surface area (Å²) in [5.41, 5.74) is 0. The van der Waals surface area contributed by atoms with E-state index in [2.05, 4.69) is 5.32 Å². The van der Waals surface area contributed by atoms with Crippen molar-refractivity contribution in [1.29, 1.82) is 0 Å². The first kappa shape index (κ1) is 7.95. The van der Waals surface area contributed by atoms with Gasteiger partial charge in [-0.2, -0.15) is 0 Å². The standard InChI is InChI=1S/C7H14FNO/c1-5-6(3-8)2-7(10)4-9-5/h5-7,9-10H,2-4H2,1H3/t5-,6?,7?/m0/s1. The Bertz CT molecular complexity index is 110. The molecule has 0 saturated carbocycles. The van der Waals surface area contributed by atoms with E-state index < -0.39 is 0 Å². The molecule has 0 spiro atoms. The molecule has 1 rings (SSSR count). The molecule has 0 bridgehead atoms. The zero-order valence-corrected chi connectivity index (χ0v) is 6.18. The minimum absolute atomic E-state index is 0.00347. The van der Waals surface area contributed by atoms with E-state index in [9.17, 15) is 4.39 Å². The van der Waals surface area contributed by atoms with E-state index in [0.29, 0.717) is 13.0 Å². The summed E-state index contributed by atoms with van der Waals surface area (Å²) in [6, 6.07) is 0.216. The molecule has 0 radical (unpaired) electrons. The van der Waals surface area contributed by atoms with Crippen molar-refractivity contribution >= 4 is 0 Å². The molecular formula is C7H14FNO. The molecule has 1 fully saturated rings. The van der Waals surface area contributed by atoms with E-state index in [1.807, 2.05) is 6.92 Å². The van der Waals surface area contributed by atoms with E-state index in [-0.39, 0.29) is 24.7 Å². The normalized spacial score (nSPS) is 41.7. The molecular weight excluding hydrogens is 133 g/mol. The second-order valence-electron chi connectivity index (χ2n) is 3.00. The average Bonchev–Trinajstić information content (AvgIpc) is 1.94. The first-order valence-electron chi connectivity index (χ1n) is 3.71. The number of aliphatic hydroxyl groups excluding tert-OH is 1. The summed E-state index contributed by atoms with van der Waals surface area (Å²) in [4.78, 5) is 0. The highest BCUT2D eigenvalue weighted by Gasteiger charge is 2.25. The van der Waals surface area contributed by atoms with Crippen molar-refractivity contribution < 1.29 is 9.50 Å². The van der Waals surface area contributed by atoms with Crippen molar-refractivity contribution in [1.82, 2.24) is 5.32 Å². The van der Waals surface area contributed by atoms with Gasteiger partial charge >= 0.3 is 0 Å². The van der Waals surface area contributed by atoms with E-state index in [0.717, 1.165) is 0 Å². The summed E-state index contributed by atoms with van der Waals surface area (Å²) >= 11 is 0. The predicted molar refractivity (Wildman–Crippen MR) is 37.6 cm³/mol. The molecule has 0 aromatic carbocycles. The summed E-state index contributed by atoms with van der Waals surface area (Å²) in [6.07, 6.45) is 0.252. The summed E-state index contributed by atoms with van der Waals surface area (Å²) in [6.45, 7) is 2.24. The molecule has 1 aliphatic heterocycles. The number of hydrogen-bond donors (Lipinski definition) is 2. The number of halogens is 1. The van der Waals surface area contributed by atoms with Gasteiger partial charge < -0.3 is 10.4 Å². The number of rotatable bonds is 1. The smallest absolute Gasteiger partial charge is 0.0938 e. The highest BCUT2D eigenvalue weighted by atomic mass is 19.1. The van der Waals surface area contributed by atoms with E-state index in [1.165, 1.54) is 0 Å². The molecule has 0 aromatic heterocycles. The first-order valence-corrected chi connectivity index (χ1v) is 3.71. The lowest BCUT2D eigenvalue weighted by Gasteiger charge is -2.30. The van der Waals surface area contributed by atoms with Crippen molar-refractivity contribution in [2.45, 2.75) is 25.5 Å². The molecule has 0 aromatic rings. The van der Waals surface area contributed by atoms with Gasteiger partial charge in [-0.1, -0.05) is 0 Å². The van der Waals surface area contributed by atoms with Crippen LogP contribution in [0.3, 0.4) is 0 Å². The Kier molecular flexibility index (Phi) is 2.63. The summed E-state index contributed by atoms with van der Waals surface area (Å²) in [5.74, 6) is 0.00347. The molecule has 0 aliphatic carbocycles. The zero-order valence-electron chi connectivity index (χ0n) is 6.18. The van der Waals surface area contributed by atoms with Crippen molar-refractivity contribution in [2.24, 2.45) is 5.92 Å². The average molecular weight is 147 g/mol. The molecule has 0 amide bonds. The van der Waals surface area contributed by atoms with Crippen LogP contribution in [-0.2, 0) is 0 Å². The van der Waals surface area contributed by atoms with E-state index in [1.54, 1.807) is 0 Å². The van der Waals surface area contributed by atoms with Gasteiger partial charge in [-0.05, 0) is 13.3 Å². The highest BCUT2D eigenvalue weighted by Crippen LogP contribution is 2.16. The summed E-state index contributed by atoms with van der Waals surface area (Å²) in [7, 11) is 0. The lowest BCUT2D eigenvalue weighted by Crippen LogP contribution is -2.46. The van der Waals surface area contributed by atoms with Crippen LogP contribution in [0.15, 0.2) is 0 Å². The molecule has 1 aliphatic rings. The number of piperidine rings is 1. The van der Waals surface area contributed by atoms with Crippen LogP contribution in [-0.4, -0.2) is 30.5 Å². The Morgan fingerprint density at radius 1 is 1.70 bits per heavy atom. The number of β-amino-alcohol motifs (C(OH)–C–C–N with tert-alkyl or cyclic N) is 1. The minimum atomic E-state index is -0.350. The van der Waals surface area contributed by atoms with Crippen LogP contribution in [0, 0.1) is 5.92 Å². The summed E-state index contributed by atoms with van der Waals surface area (Å²) in [5, 5.41) is 12.1. The Morgan fingerprint density at radius 2 is 2.40 bits per heavy atom. The second kappa shape index (κ2) is 3.30. The monoisotopic (exact) mass is 147 g/mol. The summed E-state index contributed by atoms with van der Waals surface area (Å²) < 4.78 is 12.2. The van der Waals surface area contributed by atoms with Gasteiger partial charge in [0.05, 0.1) is 12.8 Å². The van der Waals surface area contributed by atoms with Crippen molar-refractivity contribution in [3.05, 3.63) is 0 Å². The maximum Gasteiger partial charge on any atom is 0.0938 e. The van der Waals surface area contributed by atoms with Crippen LogP contribution in [0.4, 0.5) is 4.39 Å². The van der Waals surface area contributed by atoms with Crippen LogP contribution in [0.5, 0.6) is 0 Å². The third-order valence-corrected chi connectivity index (χ3v) is 2.16. The molecule has 10 heavy (non-hydrogen) atoms. The maximum atomic E-state index is 12.2. The van der Waals surface area contributed by atoms with Crippen molar-refractivity contribution in [3.8, 4) is 0 Å².